The Morgan fingerprint density at radius 2 is 2.00 bits per heavy atom. The zero-order chi connectivity index (χ0) is 20.4. The molecule has 1 unspecified atom stereocenters. The maximum atomic E-state index is 6.59. The van der Waals surface area contributed by atoms with Crippen molar-refractivity contribution in [3.63, 3.8) is 0 Å². The third-order valence-electron chi connectivity index (χ3n) is 6.66. The van der Waals surface area contributed by atoms with Crippen molar-refractivity contribution in [3.05, 3.63) is 46.8 Å². The molecule has 158 valence electrons. The third kappa shape index (κ3) is 4.20. The second-order valence-corrected chi connectivity index (χ2v) is 8.63. The predicted octanol–water partition coefficient (Wildman–Crippen LogP) is 3.22. The molecule has 1 aromatic carbocycles. The van der Waals surface area contributed by atoms with Crippen LogP contribution in [-0.4, -0.2) is 54.1 Å². The van der Waals surface area contributed by atoms with Gasteiger partial charge in [0.2, 0.25) is 0 Å². The van der Waals surface area contributed by atoms with Crippen LogP contribution >= 0.6 is 0 Å². The van der Waals surface area contributed by atoms with Crippen molar-refractivity contribution < 1.29 is 9.47 Å². The summed E-state index contributed by atoms with van der Waals surface area (Å²) < 4.78 is 13.9. The highest BCUT2D eigenvalue weighted by atomic mass is 16.5. The Bertz CT molecular complexity index is 839. The molecule has 1 fully saturated rings. The molecular weight excluding hydrogens is 364 g/mol. The average Bonchev–Trinajstić information content (AvgIpc) is 3.00. The van der Waals surface area contributed by atoms with Gasteiger partial charge in [-0.15, -0.1) is 0 Å². The molecule has 2 aliphatic rings. The van der Waals surface area contributed by atoms with E-state index in [0.717, 1.165) is 56.9 Å². The predicted molar refractivity (Wildman–Crippen MR) is 114 cm³/mol. The lowest BCUT2D eigenvalue weighted by Gasteiger charge is -2.46. The van der Waals surface area contributed by atoms with Crippen molar-refractivity contribution >= 4 is 0 Å². The van der Waals surface area contributed by atoms with Crippen LogP contribution in [0.5, 0.6) is 5.75 Å². The standard InChI is InChI=1S/C23H34N4O2/c1-17-20(18(2)27(25-17)13-14-28-4)16-24-21-15-23(9-11-26(3)12-10-23)29-22-8-6-5-7-19(21)22/h5-8,21,24H,9-16H2,1-4H3. The fourth-order valence-corrected chi connectivity index (χ4v) is 4.74. The number of nitrogens with one attached hydrogen (secondary N) is 1. The molecule has 29 heavy (non-hydrogen) atoms. The minimum Gasteiger partial charge on any atom is -0.487 e. The number of benzene rings is 1. The van der Waals surface area contributed by atoms with Crippen LogP contribution in [0.4, 0.5) is 0 Å². The molecule has 1 atom stereocenters. The van der Waals surface area contributed by atoms with Gasteiger partial charge in [-0.05, 0) is 39.8 Å². The molecule has 4 rings (SSSR count). The van der Waals surface area contributed by atoms with Crippen LogP contribution in [-0.2, 0) is 17.8 Å². The number of aryl methyl sites for hydroxylation is 1. The normalized spacial score (nSPS) is 21.2. The Kier molecular flexibility index (Phi) is 5.95. The summed E-state index contributed by atoms with van der Waals surface area (Å²) in [5.74, 6) is 1.05. The monoisotopic (exact) mass is 398 g/mol. The Hall–Kier alpha value is -1.89. The van der Waals surface area contributed by atoms with E-state index in [1.54, 1.807) is 7.11 Å². The van der Waals surface area contributed by atoms with Crippen LogP contribution in [0, 0.1) is 13.8 Å². The summed E-state index contributed by atoms with van der Waals surface area (Å²) in [5, 5.41) is 8.56. The summed E-state index contributed by atoms with van der Waals surface area (Å²) in [5.41, 5.74) is 4.84. The number of rotatable bonds is 6. The number of nitrogens with zero attached hydrogens (tertiary/aromatic N) is 3. The first-order chi connectivity index (χ1) is 14.0. The second-order valence-electron chi connectivity index (χ2n) is 8.63. The first kappa shape index (κ1) is 20.4. The molecule has 1 saturated heterocycles. The molecule has 6 nitrogen and oxygen atoms in total. The van der Waals surface area contributed by atoms with Gasteiger partial charge in [-0.25, -0.2) is 0 Å². The lowest BCUT2D eigenvalue weighted by atomic mass is 9.80. The molecule has 2 aliphatic heterocycles. The van der Waals surface area contributed by atoms with Crippen molar-refractivity contribution in [1.82, 2.24) is 20.0 Å². The summed E-state index contributed by atoms with van der Waals surface area (Å²) in [6, 6.07) is 8.82. The quantitative estimate of drug-likeness (QED) is 0.810. The van der Waals surface area contributed by atoms with Gasteiger partial charge in [0.1, 0.15) is 11.4 Å². The molecule has 0 aliphatic carbocycles. The first-order valence-corrected chi connectivity index (χ1v) is 10.7. The summed E-state index contributed by atoms with van der Waals surface area (Å²) in [6.07, 6.45) is 3.19. The van der Waals surface area contributed by atoms with Crippen molar-refractivity contribution in [2.24, 2.45) is 0 Å². The van der Waals surface area contributed by atoms with Crippen molar-refractivity contribution in [1.29, 1.82) is 0 Å². The summed E-state index contributed by atoms with van der Waals surface area (Å²) in [4.78, 5) is 2.40. The van der Waals surface area contributed by atoms with E-state index in [4.69, 9.17) is 14.6 Å². The van der Waals surface area contributed by atoms with Crippen molar-refractivity contribution in [2.45, 2.75) is 57.8 Å². The summed E-state index contributed by atoms with van der Waals surface area (Å²) in [7, 11) is 3.93. The molecule has 1 spiro atoms. The van der Waals surface area contributed by atoms with Crippen LogP contribution in [0.2, 0.25) is 0 Å². The number of ether oxygens (including phenoxy) is 2. The molecule has 0 bridgehead atoms. The zero-order valence-electron chi connectivity index (χ0n) is 18.2. The number of methoxy groups -OCH3 is 1. The van der Waals surface area contributed by atoms with Crippen LogP contribution in [0.3, 0.4) is 0 Å². The lowest BCUT2D eigenvalue weighted by molar-refractivity contribution is -0.0204. The Morgan fingerprint density at radius 1 is 1.24 bits per heavy atom. The molecule has 0 saturated carbocycles. The van der Waals surface area contributed by atoms with Gasteiger partial charge in [-0.1, -0.05) is 18.2 Å². The molecule has 1 aromatic heterocycles. The van der Waals surface area contributed by atoms with Gasteiger partial charge >= 0.3 is 0 Å². The van der Waals surface area contributed by atoms with Gasteiger partial charge < -0.3 is 19.7 Å². The zero-order valence-corrected chi connectivity index (χ0v) is 18.2. The number of aromatic nitrogens is 2. The van der Waals surface area contributed by atoms with E-state index in [0.29, 0.717) is 12.6 Å². The molecular formula is C23H34N4O2. The van der Waals surface area contributed by atoms with Gasteiger partial charge in [0, 0.05) is 56.0 Å². The van der Waals surface area contributed by atoms with E-state index in [1.807, 2.05) is 0 Å². The third-order valence-corrected chi connectivity index (χ3v) is 6.66. The van der Waals surface area contributed by atoms with E-state index in [2.05, 4.69) is 60.1 Å². The lowest BCUT2D eigenvalue weighted by Crippen LogP contribution is -2.51. The molecule has 0 amide bonds. The highest BCUT2D eigenvalue weighted by molar-refractivity contribution is 5.39. The maximum Gasteiger partial charge on any atom is 0.124 e. The minimum atomic E-state index is -0.0503. The van der Waals surface area contributed by atoms with Gasteiger partial charge in [0.05, 0.1) is 18.8 Å². The van der Waals surface area contributed by atoms with Crippen molar-refractivity contribution in [3.8, 4) is 5.75 Å². The Labute approximate surface area is 174 Å². The average molecular weight is 399 g/mol. The topological polar surface area (TPSA) is 51.5 Å². The molecule has 1 N–H and O–H groups in total. The summed E-state index contributed by atoms with van der Waals surface area (Å²) in [6.45, 7) is 8.74. The fraction of sp³-hybridized carbons (Fsp3) is 0.609. The molecule has 2 aromatic rings. The number of hydrogen-bond donors (Lipinski definition) is 1. The van der Waals surface area contributed by atoms with Crippen molar-refractivity contribution in [2.75, 3.05) is 33.9 Å². The maximum absolute atomic E-state index is 6.59. The van der Waals surface area contributed by atoms with Gasteiger partial charge in [-0.3, -0.25) is 4.68 Å². The van der Waals surface area contributed by atoms with E-state index < -0.39 is 0 Å². The van der Waals surface area contributed by atoms with E-state index in [1.165, 1.54) is 16.8 Å². The second kappa shape index (κ2) is 8.46. The van der Waals surface area contributed by atoms with Gasteiger partial charge in [-0.2, -0.15) is 5.10 Å². The number of hydrogen-bond acceptors (Lipinski definition) is 5. The van der Waals surface area contributed by atoms with E-state index >= 15 is 0 Å². The Balaban J connectivity index is 1.53. The minimum absolute atomic E-state index is 0.0503. The fourth-order valence-electron chi connectivity index (χ4n) is 4.74. The SMILES string of the molecule is COCCn1nc(C)c(CNC2CC3(CCN(C)CC3)Oc3ccccc32)c1C. The number of fused-ring (bicyclic) bond motifs is 1. The highest BCUT2D eigenvalue weighted by Gasteiger charge is 2.42. The van der Waals surface area contributed by atoms with E-state index in [-0.39, 0.29) is 5.60 Å². The molecule has 3 heterocycles. The van der Waals surface area contributed by atoms with E-state index in [9.17, 15) is 0 Å². The molecule has 0 radical (unpaired) electrons. The van der Waals surface area contributed by atoms with Crippen LogP contribution in [0.1, 0.15) is 47.8 Å². The summed E-state index contributed by atoms with van der Waals surface area (Å²) >= 11 is 0. The number of para-hydroxylation sites is 1. The first-order valence-electron chi connectivity index (χ1n) is 10.7. The Morgan fingerprint density at radius 3 is 2.76 bits per heavy atom. The van der Waals surface area contributed by atoms with Crippen LogP contribution in [0.25, 0.3) is 0 Å². The number of likely N-dealkylation sites (tertiary alicyclic amines) is 1. The number of piperidine rings is 1. The smallest absolute Gasteiger partial charge is 0.124 e. The highest BCUT2D eigenvalue weighted by Crippen LogP contribution is 2.44. The van der Waals surface area contributed by atoms with Gasteiger partial charge in [0.15, 0.2) is 0 Å². The van der Waals surface area contributed by atoms with Crippen LogP contribution in [0.15, 0.2) is 24.3 Å². The van der Waals surface area contributed by atoms with Gasteiger partial charge in [0.25, 0.3) is 0 Å². The molecule has 6 heteroatoms. The van der Waals surface area contributed by atoms with Crippen LogP contribution < -0.4 is 10.1 Å². The largest absolute Gasteiger partial charge is 0.487 e.